The molecule has 0 fully saturated rings. The summed E-state index contributed by atoms with van der Waals surface area (Å²) in [6.45, 7) is 8.85. The molecule has 162 valence electrons. The lowest BCUT2D eigenvalue weighted by Gasteiger charge is -2.23. The molecule has 0 bridgehead atoms. The first-order valence-electron chi connectivity index (χ1n) is 9.61. The second kappa shape index (κ2) is 9.00. The molecule has 4 rings (SSSR count). The lowest BCUT2D eigenvalue weighted by atomic mass is 9.92. The van der Waals surface area contributed by atoms with Gasteiger partial charge in [0.25, 0.3) is 0 Å². The number of carbonyl (C=O) groups excluding carboxylic acids is 1. The molecule has 0 saturated carbocycles. The van der Waals surface area contributed by atoms with E-state index in [1.165, 1.54) is 12.1 Å². The van der Waals surface area contributed by atoms with Crippen LogP contribution in [0.2, 0.25) is 0 Å². The Bertz CT molecular complexity index is 1290. The van der Waals surface area contributed by atoms with Gasteiger partial charge in [0.05, 0.1) is 29.6 Å². The number of hydrogen-bond acceptors (Lipinski definition) is 3. The highest BCUT2D eigenvalue weighted by Crippen LogP contribution is 2.29. The second-order valence-electron chi connectivity index (χ2n) is 7.40. The lowest BCUT2D eigenvalue weighted by Crippen LogP contribution is -2.29. The second-order valence-corrected chi connectivity index (χ2v) is 7.40. The number of nitrogens with one attached hydrogen (secondary N) is 1. The molecule has 0 aliphatic carbocycles. The van der Waals surface area contributed by atoms with Gasteiger partial charge in [0.15, 0.2) is 5.69 Å². The summed E-state index contributed by atoms with van der Waals surface area (Å²) in [5.41, 5.74) is 1.43. The Hall–Kier alpha value is -4.02. The number of amides is 1. The van der Waals surface area contributed by atoms with E-state index >= 15 is 0 Å². The summed E-state index contributed by atoms with van der Waals surface area (Å²) in [5.74, 6) is -0.602. The summed E-state index contributed by atoms with van der Waals surface area (Å²) in [5, 5.41) is 13.6. The van der Waals surface area contributed by atoms with Crippen LogP contribution >= 0.6 is 0 Å². The molecule has 0 spiro atoms. The van der Waals surface area contributed by atoms with E-state index < -0.39 is 11.5 Å². The van der Waals surface area contributed by atoms with Crippen molar-refractivity contribution in [3.8, 4) is 5.69 Å². The van der Waals surface area contributed by atoms with Crippen LogP contribution in [0.3, 0.4) is 0 Å². The fourth-order valence-electron chi connectivity index (χ4n) is 3.45. The van der Waals surface area contributed by atoms with Crippen molar-refractivity contribution in [2.24, 2.45) is 0 Å². The summed E-state index contributed by atoms with van der Waals surface area (Å²) in [4.78, 5) is 20.7. The Morgan fingerprint density at radius 2 is 1.84 bits per heavy atom. The van der Waals surface area contributed by atoms with Crippen molar-refractivity contribution in [3.63, 3.8) is 0 Å². The van der Waals surface area contributed by atoms with E-state index in [1.54, 1.807) is 66.1 Å². The van der Waals surface area contributed by atoms with E-state index in [1.807, 2.05) is 6.07 Å². The summed E-state index contributed by atoms with van der Waals surface area (Å²) in [6, 6.07) is 19.7. The van der Waals surface area contributed by atoms with Crippen LogP contribution < -0.4 is 5.32 Å². The quantitative estimate of drug-likeness (QED) is 0.406. The zero-order valence-electron chi connectivity index (χ0n) is 16.7. The molecule has 1 atom stereocenters. The highest BCUT2D eigenvalue weighted by molar-refractivity contribution is 5.93. The standard InChI is InChI=1S/C24H19FN4O2.CH4/c1-24(31,16-6-4-3-5-7-16)15-22(30)28-23-27-20-13-10-18(26-2)14-21(20)29(23)19-11-8-17(25)9-12-19;/h3-14,31H,15H2,1H3,(H,27,28,30);1H4/t24-;/m1./s1. The van der Waals surface area contributed by atoms with Crippen molar-refractivity contribution in [2.75, 3.05) is 5.32 Å². The van der Waals surface area contributed by atoms with Crippen LogP contribution in [0.25, 0.3) is 21.6 Å². The van der Waals surface area contributed by atoms with Gasteiger partial charge < -0.3 is 5.11 Å². The monoisotopic (exact) mass is 430 g/mol. The number of imidazole rings is 1. The van der Waals surface area contributed by atoms with Crippen molar-refractivity contribution >= 4 is 28.6 Å². The first-order valence-corrected chi connectivity index (χ1v) is 9.61. The maximum Gasteiger partial charge on any atom is 0.229 e. The predicted molar refractivity (Wildman–Crippen MR) is 123 cm³/mol. The molecular formula is C25H23FN4O2. The van der Waals surface area contributed by atoms with Gasteiger partial charge in [0.2, 0.25) is 11.9 Å². The van der Waals surface area contributed by atoms with Gasteiger partial charge in [-0.2, -0.15) is 0 Å². The highest BCUT2D eigenvalue weighted by Gasteiger charge is 2.27. The minimum absolute atomic E-state index is 0. The van der Waals surface area contributed by atoms with Gasteiger partial charge in [-0.1, -0.05) is 43.8 Å². The third-order valence-electron chi connectivity index (χ3n) is 5.00. The van der Waals surface area contributed by atoms with Crippen LogP contribution in [0.5, 0.6) is 0 Å². The third kappa shape index (κ3) is 4.51. The Balaban J connectivity index is 0.00000289. The molecule has 1 amide bonds. The van der Waals surface area contributed by atoms with Crippen LogP contribution in [0.4, 0.5) is 16.0 Å². The molecular weight excluding hydrogens is 407 g/mol. The SMILES string of the molecule is C.[C-]#[N+]c1ccc2nc(NC(=O)C[C@@](C)(O)c3ccccc3)n(-c3ccc(F)cc3)c2c1. The number of carbonyl (C=O) groups is 1. The number of halogens is 1. The van der Waals surface area contributed by atoms with Gasteiger partial charge in [0, 0.05) is 5.69 Å². The number of benzene rings is 3. The molecule has 0 aliphatic heterocycles. The van der Waals surface area contributed by atoms with Crippen molar-refractivity contribution in [1.82, 2.24) is 9.55 Å². The van der Waals surface area contributed by atoms with E-state index in [0.717, 1.165) is 0 Å². The molecule has 1 heterocycles. The average molecular weight is 430 g/mol. The number of rotatable bonds is 5. The summed E-state index contributed by atoms with van der Waals surface area (Å²) in [6.07, 6.45) is -0.184. The van der Waals surface area contributed by atoms with Gasteiger partial charge in [-0.05, 0) is 48.9 Å². The Morgan fingerprint density at radius 3 is 2.50 bits per heavy atom. The summed E-state index contributed by atoms with van der Waals surface area (Å²) >= 11 is 0. The lowest BCUT2D eigenvalue weighted by molar-refractivity contribution is -0.120. The smallest absolute Gasteiger partial charge is 0.229 e. The topological polar surface area (TPSA) is 71.5 Å². The van der Waals surface area contributed by atoms with Gasteiger partial charge in [-0.3, -0.25) is 14.7 Å². The molecule has 2 N–H and O–H groups in total. The zero-order chi connectivity index (χ0) is 22.0. The molecule has 32 heavy (non-hydrogen) atoms. The first-order chi connectivity index (χ1) is 14.9. The number of fused-ring (bicyclic) bond motifs is 1. The number of anilines is 1. The minimum atomic E-state index is -1.37. The predicted octanol–water partition coefficient (Wildman–Crippen LogP) is 5.59. The Labute approximate surface area is 185 Å². The Kier molecular flexibility index (Phi) is 6.37. The number of aromatic nitrogens is 2. The summed E-state index contributed by atoms with van der Waals surface area (Å²) in [7, 11) is 0. The maximum atomic E-state index is 13.5. The van der Waals surface area contributed by atoms with Crippen LogP contribution in [0.1, 0.15) is 26.3 Å². The van der Waals surface area contributed by atoms with Gasteiger partial charge in [-0.15, -0.1) is 0 Å². The van der Waals surface area contributed by atoms with Gasteiger partial charge >= 0.3 is 0 Å². The molecule has 0 saturated heterocycles. The van der Waals surface area contributed by atoms with E-state index in [2.05, 4.69) is 15.1 Å². The van der Waals surface area contributed by atoms with Gasteiger partial charge in [0.1, 0.15) is 5.82 Å². The minimum Gasteiger partial charge on any atom is -0.385 e. The molecule has 0 radical (unpaired) electrons. The van der Waals surface area contributed by atoms with Crippen molar-refractivity contribution in [1.29, 1.82) is 0 Å². The normalized spacial score (nSPS) is 12.4. The molecule has 0 aliphatic rings. The van der Waals surface area contributed by atoms with Crippen molar-refractivity contribution in [2.45, 2.75) is 26.4 Å². The maximum absolute atomic E-state index is 13.5. The van der Waals surface area contributed by atoms with Crippen molar-refractivity contribution < 1.29 is 14.3 Å². The van der Waals surface area contributed by atoms with Crippen LogP contribution in [0, 0.1) is 12.4 Å². The van der Waals surface area contributed by atoms with Crippen LogP contribution in [-0.4, -0.2) is 20.6 Å². The fraction of sp³-hybridized carbons (Fsp3) is 0.160. The zero-order valence-corrected chi connectivity index (χ0v) is 16.7. The number of aliphatic hydroxyl groups is 1. The van der Waals surface area contributed by atoms with Gasteiger partial charge in [-0.25, -0.2) is 14.2 Å². The van der Waals surface area contributed by atoms with Crippen LogP contribution in [0.15, 0.2) is 72.8 Å². The molecule has 6 nitrogen and oxygen atoms in total. The number of hydrogen-bond donors (Lipinski definition) is 2. The largest absolute Gasteiger partial charge is 0.385 e. The molecule has 1 aromatic heterocycles. The first kappa shape index (κ1) is 22.7. The molecule has 4 aromatic rings. The molecule has 7 heteroatoms. The molecule has 0 unspecified atom stereocenters. The summed E-state index contributed by atoms with van der Waals surface area (Å²) < 4.78 is 15.1. The number of nitrogens with zero attached hydrogens (tertiary/aromatic N) is 3. The van der Waals surface area contributed by atoms with E-state index in [0.29, 0.717) is 28.0 Å². The van der Waals surface area contributed by atoms with E-state index in [9.17, 15) is 14.3 Å². The fourth-order valence-corrected chi connectivity index (χ4v) is 3.45. The Morgan fingerprint density at radius 1 is 1.16 bits per heavy atom. The van der Waals surface area contributed by atoms with Crippen LogP contribution in [-0.2, 0) is 10.4 Å². The van der Waals surface area contributed by atoms with E-state index in [4.69, 9.17) is 6.57 Å². The van der Waals surface area contributed by atoms with Crippen molar-refractivity contribution in [3.05, 3.63) is 95.6 Å². The average Bonchev–Trinajstić information content (AvgIpc) is 3.11. The third-order valence-corrected chi connectivity index (χ3v) is 5.00. The molecule has 3 aromatic carbocycles. The van der Waals surface area contributed by atoms with E-state index in [-0.39, 0.29) is 25.6 Å². The highest BCUT2D eigenvalue weighted by atomic mass is 19.1.